The van der Waals surface area contributed by atoms with Crippen molar-refractivity contribution in [2.24, 2.45) is 5.92 Å². The Kier molecular flexibility index (Phi) is 8.21. The zero-order valence-electron chi connectivity index (χ0n) is 20.7. The molecule has 0 spiro atoms. The highest BCUT2D eigenvalue weighted by atomic mass is 16.5. The van der Waals surface area contributed by atoms with Crippen LogP contribution in [0, 0.1) is 5.92 Å². The van der Waals surface area contributed by atoms with Crippen molar-refractivity contribution in [2.75, 3.05) is 26.3 Å². The van der Waals surface area contributed by atoms with Gasteiger partial charge in [0.1, 0.15) is 12.4 Å². The van der Waals surface area contributed by atoms with E-state index in [1.807, 2.05) is 24.3 Å². The second-order valence-corrected chi connectivity index (χ2v) is 9.56. The molecule has 3 aromatic rings. The minimum Gasteiger partial charge on any atom is -0.489 e. The topological polar surface area (TPSA) is 76.8 Å². The number of carboxylic acid groups (broad SMARTS) is 1. The molecule has 1 fully saturated rings. The molecule has 35 heavy (non-hydrogen) atoms. The molecule has 1 aliphatic rings. The van der Waals surface area contributed by atoms with Crippen LogP contribution in [0.25, 0.3) is 10.9 Å². The summed E-state index contributed by atoms with van der Waals surface area (Å²) in [5, 5.41) is 15.3. The Morgan fingerprint density at radius 3 is 2.60 bits per heavy atom. The SMILES string of the molecule is C=C[C@@H](CC(=O)O)c1ccc(OCc2ccc3c(CN4CCOCC4)nn(CC(C)C)c3c2)cc1. The molecule has 7 heteroatoms. The molecule has 186 valence electrons. The van der Waals surface area contributed by atoms with Gasteiger partial charge in [-0.15, -0.1) is 6.58 Å². The molecule has 1 atom stereocenters. The van der Waals surface area contributed by atoms with Crippen molar-refractivity contribution in [3.63, 3.8) is 0 Å². The summed E-state index contributed by atoms with van der Waals surface area (Å²) in [4.78, 5) is 13.5. The molecule has 0 amide bonds. The molecule has 0 aliphatic carbocycles. The van der Waals surface area contributed by atoms with Gasteiger partial charge in [0.2, 0.25) is 0 Å². The Morgan fingerprint density at radius 2 is 1.94 bits per heavy atom. The van der Waals surface area contributed by atoms with Crippen molar-refractivity contribution >= 4 is 16.9 Å². The third kappa shape index (κ3) is 6.50. The lowest BCUT2D eigenvalue weighted by Crippen LogP contribution is -2.35. The number of hydrogen-bond donors (Lipinski definition) is 1. The summed E-state index contributed by atoms with van der Waals surface area (Å²) >= 11 is 0. The smallest absolute Gasteiger partial charge is 0.304 e. The van der Waals surface area contributed by atoms with Crippen LogP contribution in [0.3, 0.4) is 0 Å². The molecule has 0 radical (unpaired) electrons. The Hall–Kier alpha value is -3.16. The molecule has 4 rings (SSSR count). The molecule has 7 nitrogen and oxygen atoms in total. The van der Waals surface area contributed by atoms with Gasteiger partial charge in [-0.2, -0.15) is 5.10 Å². The lowest BCUT2D eigenvalue weighted by Gasteiger charge is -2.25. The number of hydrogen-bond acceptors (Lipinski definition) is 5. The Morgan fingerprint density at radius 1 is 1.20 bits per heavy atom. The number of allylic oxidation sites excluding steroid dienone is 1. The van der Waals surface area contributed by atoms with E-state index in [1.54, 1.807) is 6.08 Å². The molecule has 0 saturated carbocycles. The van der Waals surface area contributed by atoms with Crippen LogP contribution in [-0.2, 0) is 29.2 Å². The van der Waals surface area contributed by atoms with Crippen LogP contribution < -0.4 is 4.74 Å². The standard InChI is InChI=1S/C28H35N3O4/c1-4-22(16-28(32)33)23-6-8-24(9-7-23)35-19-21-5-10-25-26(18-30-11-13-34-14-12-30)29-31(17-20(2)3)27(25)15-21/h4-10,15,20,22H,1,11-14,16-19H2,2-3H3,(H,32,33)/t22-/m0/s1. The highest BCUT2D eigenvalue weighted by molar-refractivity contribution is 5.82. The van der Waals surface area contributed by atoms with E-state index in [1.165, 1.54) is 5.39 Å². The summed E-state index contributed by atoms with van der Waals surface area (Å²) in [5.74, 6) is 0.191. The van der Waals surface area contributed by atoms with Crippen LogP contribution in [0.4, 0.5) is 0 Å². The summed E-state index contributed by atoms with van der Waals surface area (Å²) in [6.45, 7) is 13.8. The Bertz CT molecular complexity index is 1150. The summed E-state index contributed by atoms with van der Waals surface area (Å²) in [5.41, 5.74) is 4.26. The van der Waals surface area contributed by atoms with Crippen molar-refractivity contribution in [1.82, 2.24) is 14.7 Å². The van der Waals surface area contributed by atoms with Crippen LogP contribution in [0.1, 0.15) is 43.0 Å². The minimum atomic E-state index is -0.838. The number of benzene rings is 2. The molecule has 0 unspecified atom stereocenters. The van der Waals surface area contributed by atoms with Gasteiger partial charge < -0.3 is 14.6 Å². The average molecular weight is 478 g/mol. The van der Waals surface area contributed by atoms with E-state index >= 15 is 0 Å². The molecule has 2 aromatic carbocycles. The van der Waals surface area contributed by atoms with E-state index in [0.29, 0.717) is 12.5 Å². The minimum absolute atomic E-state index is 0.0291. The van der Waals surface area contributed by atoms with Crippen LogP contribution in [0.2, 0.25) is 0 Å². The van der Waals surface area contributed by atoms with E-state index in [9.17, 15) is 4.79 Å². The van der Waals surface area contributed by atoms with E-state index in [-0.39, 0.29) is 12.3 Å². The zero-order valence-corrected chi connectivity index (χ0v) is 20.7. The maximum Gasteiger partial charge on any atom is 0.304 e. The fourth-order valence-corrected chi connectivity index (χ4v) is 4.45. The largest absolute Gasteiger partial charge is 0.489 e. The van der Waals surface area contributed by atoms with Gasteiger partial charge in [0.25, 0.3) is 0 Å². The number of carbonyl (C=O) groups is 1. The lowest BCUT2D eigenvalue weighted by molar-refractivity contribution is -0.137. The first-order valence-corrected chi connectivity index (χ1v) is 12.3. The first-order valence-electron chi connectivity index (χ1n) is 12.3. The van der Waals surface area contributed by atoms with Crippen molar-refractivity contribution < 1.29 is 19.4 Å². The highest BCUT2D eigenvalue weighted by Gasteiger charge is 2.17. The zero-order chi connectivity index (χ0) is 24.8. The van der Waals surface area contributed by atoms with Crippen molar-refractivity contribution in [3.8, 4) is 5.75 Å². The van der Waals surface area contributed by atoms with Crippen LogP contribution in [-0.4, -0.2) is 52.1 Å². The quantitative estimate of drug-likeness (QED) is 0.398. The van der Waals surface area contributed by atoms with Crippen molar-refractivity contribution in [2.45, 2.75) is 45.9 Å². The number of fused-ring (bicyclic) bond motifs is 1. The maximum atomic E-state index is 11.1. The van der Waals surface area contributed by atoms with E-state index in [0.717, 1.165) is 67.5 Å². The first-order chi connectivity index (χ1) is 16.9. The van der Waals surface area contributed by atoms with Gasteiger partial charge in [-0.05, 0) is 35.2 Å². The molecule has 1 N–H and O–H groups in total. The van der Waals surface area contributed by atoms with Gasteiger partial charge in [0.05, 0.1) is 30.8 Å². The van der Waals surface area contributed by atoms with E-state index in [4.69, 9.17) is 19.7 Å². The molecule has 0 bridgehead atoms. The van der Waals surface area contributed by atoms with Gasteiger partial charge >= 0.3 is 5.97 Å². The van der Waals surface area contributed by atoms with Crippen LogP contribution in [0.15, 0.2) is 55.1 Å². The average Bonchev–Trinajstić information content (AvgIpc) is 3.17. The van der Waals surface area contributed by atoms with Crippen LogP contribution >= 0.6 is 0 Å². The predicted molar refractivity (Wildman–Crippen MR) is 137 cm³/mol. The number of nitrogens with zero attached hydrogens (tertiary/aromatic N) is 3. The van der Waals surface area contributed by atoms with Gasteiger partial charge in [0.15, 0.2) is 0 Å². The highest BCUT2D eigenvalue weighted by Crippen LogP contribution is 2.26. The van der Waals surface area contributed by atoms with Crippen LogP contribution in [0.5, 0.6) is 5.75 Å². The summed E-state index contributed by atoms with van der Waals surface area (Å²) in [7, 11) is 0. The van der Waals surface area contributed by atoms with Crippen molar-refractivity contribution in [3.05, 3.63) is 71.9 Å². The number of aliphatic carboxylic acids is 1. The van der Waals surface area contributed by atoms with E-state index < -0.39 is 5.97 Å². The van der Waals surface area contributed by atoms with Gasteiger partial charge in [-0.25, -0.2) is 0 Å². The summed E-state index contributed by atoms with van der Waals surface area (Å²) < 4.78 is 13.7. The predicted octanol–water partition coefficient (Wildman–Crippen LogP) is 4.85. The van der Waals surface area contributed by atoms with Gasteiger partial charge in [0, 0.05) is 37.5 Å². The third-order valence-corrected chi connectivity index (χ3v) is 6.30. The molecule has 1 saturated heterocycles. The monoisotopic (exact) mass is 477 g/mol. The first kappa shape index (κ1) is 24.9. The van der Waals surface area contributed by atoms with Gasteiger partial charge in [-0.3, -0.25) is 14.4 Å². The normalized spacial score (nSPS) is 15.4. The number of ether oxygens (including phenoxy) is 2. The fourth-order valence-electron chi connectivity index (χ4n) is 4.45. The second-order valence-electron chi connectivity index (χ2n) is 9.56. The number of carboxylic acids is 1. The summed E-state index contributed by atoms with van der Waals surface area (Å²) in [6, 6.07) is 14.0. The lowest BCUT2D eigenvalue weighted by atomic mass is 9.96. The number of morpholine rings is 1. The maximum absolute atomic E-state index is 11.1. The molecular formula is C28H35N3O4. The third-order valence-electron chi connectivity index (χ3n) is 6.30. The van der Waals surface area contributed by atoms with Crippen molar-refractivity contribution in [1.29, 1.82) is 0 Å². The molecular weight excluding hydrogens is 442 g/mol. The fraction of sp³-hybridized carbons (Fsp3) is 0.429. The Labute approximate surface area is 206 Å². The van der Waals surface area contributed by atoms with Gasteiger partial charge in [-0.1, -0.05) is 44.2 Å². The number of aromatic nitrogens is 2. The molecule has 1 aliphatic heterocycles. The van der Waals surface area contributed by atoms with E-state index in [2.05, 4.69) is 48.2 Å². The number of rotatable bonds is 11. The molecule has 2 heterocycles. The second kappa shape index (κ2) is 11.5. The summed E-state index contributed by atoms with van der Waals surface area (Å²) in [6.07, 6.45) is 1.70. The Balaban J connectivity index is 1.48. The molecule has 1 aromatic heterocycles.